The summed E-state index contributed by atoms with van der Waals surface area (Å²) in [7, 11) is 0. The molecule has 0 amide bonds. The van der Waals surface area contributed by atoms with Crippen LogP contribution >= 0.6 is 11.8 Å². The normalized spacial score (nSPS) is 22.3. The lowest BCUT2D eigenvalue weighted by Gasteiger charge is -2.12. The van der Waals surface area contributed by atoms with Crippen molar-refractivity contribution < 1.29 is 14.6 Å². The van der Waals surface area contributed by atoms with Crippen LogP contribution in [-0.2, 0) is 16.1 Å². The number of hydrogen-bond donors (Lipinski definition) is 1. The highest BCUT2D eigenvalue weighted by Crippen LogP contribution is 2.40. The summed E-state index contributed by atoms with van der Waals surface area (Å²) < 4.78 is 7.53. The van der Waals surface area contributed by atoms with Gasteiger partial charge in [0, 0.05) is 25.7 Å². The topological polar surface area (TPSA) is 77.2 Å². The van der Waals surface area contributed by atoms with Gasteiger partial charge in [-0.25, -0.2) is 0 Å². The number of nitrogens with zero attached hydrogens (tertiary/aromatic N) is 3. The van der Waals surface area contributed by atoms with Gasteiger partial charge in [0.15, 0.2) is 5.16 Å². The molecular weight excluding hydrogens is 278 g/mol. The van der Waals surface area contributed by atoms with Crippen LogP contribution in [0.3, 0.4) is 0 Å². The summed E-state index contributed by atoms with van der Waals surface area (Å²) in [4.78, 5) is 10.7. The second kappa shape index (κ2) is 6.13. The average Bonchev–Trinajstić information content (AvgIpc) is 2.99. The van der Waals surface area contributed by atoms with Crippen molar-refractivity contribution in [2.75, 3.05) is 19.0 Å². The van der Waals surface area contributed by atoms with Crippen LogP contribution in [0.1, 0.15) is 37.4 Å². The Morgan fingerprint density at radius 2 is 2.25 bits per heavy atom. The molecule has 7 heteroatoms. The van der Waals surface area contributed by atoms with E-state index in [2.05, 4.69) is 14.8 Å². The maximum atomic E-state index is 10.7. The van der Waals surface area contributed by atoms with Gasteiger partial charge >= 0.3 is 5.97 Å². The van der Waals surface area contributed by atoms with E-state index in [0.717, 1.165) is 43.6 Å². The highest BCUT2D eigenvalue weighted by atomic mass is 32.2. The van der Waals surface area contributed by atoms with E-state index in [9.17, 15) is 4.79 Å². The zero-order chi connectivity index (χ0) is 13.9. The fourth-order valence-electron chi connectivity index (χ4n) is 2.51. The Balaban J connectivity index is 1.67. The average molecular weight is 297 g/mol. The smallest absolute Gasteiger partial charge is 0.313 e. The molecule has 1 aromatic heterocycles. The molecule has 1 atom stereocenters. The van der Waals surface area contributed by atoms with Crippen LogP contribution in [0.25, 0.3) is 0 Å². The SMILES string of the molecule is O=C(O)CSc1nnc(C2CC2)n1CCC1CCOC1. The van der Waals surface area contributed by atoms with E-state index in [1.54, 1.807) is 0 Å². The van der Waals surface area contributed by atoms with E-state index in [1.165, 1.54) is 24.6 Å². The maximum Gasteiger partial charge on any atom is 0.313 e. The minimum atomic E-state index is -0.818. The summed E-state index contributed by atoms with van der Waals surface area (Å²) in [5.41, 5.74) is 0. The Kier molecular flexibility index (Phi) is 4.26. The highest BCUT2D eigenvalue weighted by molar-refractivity contribution is 7.99. The van der Waals surface area contributed by atoms with Gasteiger partial charge in [-0.2, -0.15) is 0 Å². The Hall–Kier alpha value is -1.08. The molecule has 1 aliphatic heterocycles. The molecule has 0 spiro atoms. The number of hydrogen-bond acceptors (Lipinski definition) is 5. The Labute approximate surface area is 121 Å². The largest absolute Gasteiger partial charge is 0.481 e. The van der Waals surface area contributed by atoms with Gasteiger partial charge in [-0.3, -0.25) is 4.79 Å². The van der Waals surface area contributed by atoms with Crippen molar-refractivity contribution in [3.05, 3.63) is 5.82 Å². The molecule has 1 aliphatic carbocycles. The van der Waals surface area contributed by atoms with E-state index in [4.69, 9.17) is 9.84 Å². The summed E-state index contributed by atoms with van der Waals surface area (Å²) in [5, 5.41) is 18.0. The van der Waals surface area contributed by atoms with E-state index in [1.807, 2.05) is 0 Å². The first-order valence-electron chi connectivity index (χ1n) is 7.09. The van der Waals surface area contributed by atoms with Crippen molar-refractivity contribution in [1.82, 2.24) is 14.8 Å². The first-order chi connectivity index (χ1) is 9.74. The summed E-state index contributed by atoms with van der Waals surface area (Å²) in [6, 6.07) is 0. The summed E-state index contributed by atoms with van der Waals surface area (Å²) in [5.74, 6) is 1.40. The first-order valence-corrected chi connectivity index (χ1v) is 8.08. The van der Waals surface area contributed by atoms with Gasteiger partial charge in [0.2, 0.25) is 0 Å². The number of carboxylic acids is 1. The van der Waals surface area contributed by atoms with Crippen molar-refractivity contribution in [2.24, 2.45) is 5.92 Å². The number of rotatable bonds is 7. The van der Waals surface area contributed by atoms with Crippen LogP contribution in [0.4, 0.5) is 0 Å². The van der Waals surface area contributed by atoms with Crippen LogP contribution in [0, 0.1) is 5.92 Å². The number of carbonyl (C=O) groups is 1. The predicted octanol–water partition coefficient (Wildman–Crippen LogP) is 1.76. The van der Waals surface area contributed by atoms with Crippen molar-refractivity contribution in [3.8, 4) is 0 Å². The quantitative estimate of drug-likeness (QED) is 0.773. The molecule has 1 saturated carbocycles. The van der Waals surface area contributed by atoms with Gasteiger partial charge in [0.05, 0.1) is 5.75 Å². The monoisotopic (exact) mass is 297 g/mol. The first kappa shape index (κ1) is 13.9. The Morgan fingerprint density at radius 1 is 1.40 bits per heavy atom. The Bertz CT molecular complexity index is 481. The van der Waals surface area contributed by atoms with Gasteiger partial charge in [0.25, 0.3) is 0 Å². The predicted molar refractivity (Wildman–Crippen MR) is 73.9 cm³/mol. The molecule has 1 N–H and O–H groups in total. The molecule has 6 nitrogen and oxygen atoms in total. The van der Waals surface area contributed by atoms with E-state index in [-0.39, 0.29) is 5.75 Å². The van der Waals surface area contributed by atoms with Gasteiger partial charge in [-0.15, -0.1) is 10.2 Å². The molecule has 1 unspecified atom stereocenters. The van der Waals surface area contributed by atoms with Gasteiger partial charge in [-0.1, -0.05) is 11.8 Å². The molecule has 0 aromatic carbocycles. The van der Waals surface area contributed by atoms with Crippen LogP contribution in [0.5, 0.6) is 0 Å². The number of carboxylic acid groups (broad SMARTS) is 1. The molecule has 2 aliphatic rings. The van der Waals surface area contributed by atoms with E-state index in [0.29, 0.717) is 11.8 Å². The zero-order valence-electron chi connectivity index (χ0n) is 11.3. The third-order valence-electron chi connectivity index (χ3n) is 3.80. The van der Waals surface area contributed by atoms with Crippen LogP contribution in [0.2, 0.25) is 0 Å². The lowest BCUT2D eigenvalue weighted by molar-refractivity contribution is -0.133. The molecule has 3 rings (SSSR count). The minimum Gasteiger partial charge on any atom is -0.481 e. The molecule has 110 valence electrons. The van der Waals surface area contributed by atoms with Gasteiger partial charge in [0.1, 0.15) is 5.82 Å². The van der Waals surface area contributed by atoms with Crippen molar-refractivity contribution in [3.63, 3.8) is 0 Å². The zero-order valence-corrected chi connectivity index (χ0v) is 12.1. The second-order valence-corrected chi connectivity index (χ2v) is 6.41. The standard InChI is InChI=1S/C13H19N3O3S/c17-11(18)8-20-13-15-14-12(10-1-2-10)16(13)5-3-9-4-6-19-7-9/h9-10H,1-8H2,(H,17,18). The third-order valence-corrected chi connectivity index (χ3v) is 4.75. The highest BCUT2D eigenvalue weighted by Gasteiger charge is 2.30. The van der Waals surface area contributed by atoms with E-state index >= 15 is 0 Å². The number of aromatic nitrogens is 3. The van der Waals surface area contributed by atoms with Crippen LogP contribution < -0.4 is 0 Å². The fourth-order valence-corrected chi connectivity index (χ4v) is 3.20. The Morgan fingerprint density at radius 3 is 2.90 bits per heavy atom. The van der Waals surface area contributed by atoms with Crippen molar-refractivity contribution >= 4 is 17.7 Å². The van der Waals surface area contributed by atoms with Gasteiger partial charge < -0.3 is 14.4 Å². The maximum absolute atomic E-state index is 10.7. The van der Waals surface area contributed by atoms with Crippen molar-refractivity contribution in [2.45, 2.75) is 43.3 Å². The summed E-state index contributed by atoms with van der Waals surface area (Å²) in [6.07, 6.45) is 4.53. The van der Waals surface area contributed by atoms with Crippen LogP contribution in [0.15, 0.2) is 5.16 Å². The molecular formula is C13H19N3O3S. The molecule has 1 saturated heterocycles. The molecule has 20 heavy (non-hydrogen) atoms. The lowest BCUT2D eigenvalue weighted by atomic mass is 10.1. The van der Waals surface area contributed by atoms with Crippen molar-refractivity contribution in [1.29, 1.82) is 0 Å². The minimum absolute atomic E-state index is 0.0370. The summed E-state index contributed by atoms with van der Waals surface area (Å²) >= 11 is 1.26. The number of aliphatic carboxylic acids is 1. The van der Waals surface area contributed by atoms with E-state index < -0.39 is 5.97 Å². The third kappa shape index (κ3) is 3.32. The molecule has 0 bridgehead atoms. The second-order valence-electron chi connectivity index (χ2n) is 5.47. The fraction of sp³-hybridized carbons (Fsp3) is 0.769. The molecule has 2 heterocycles. The molecule has 2 fully saturated rings. The molecule has 1 aromatic rings. The van der Waals surface area contributed by atoms with Gasteiger partial charge in [-0.05, 0) is 31.6 Å². The molecule has 0 radical (unpaired) electrons. The number of thioether (sulfide) groups is 1. The van der Waals surface area contributed by atoms with Crippen LogP contribution in [-0.4, -0.2) is 44.8 Å². The summed E-state index contributed by atoms with van der Waals surface area (Å²) in [6.45, 7) is 2.58. The number of ether oxygens (including phenoxy) is 1. The lowest BCUT2D eigenvalue weighted by Crippen LogP contribution is -2.10.